The van der Waals surface area contributed by atoms with Gasteiger partial charge in [-0.3, -0.25) is 9.29 Å². The van der Waals surface area contributed by atoms with Crippen LogP contribution in [0, 0.1) is 5.92 Å². The van der Waals surface area contributed by atoms with Gasteiger partial charge in [0, 0.05) is 36.7 Å². The molecular weight excluding hydrogens is 445 g/mol. The summed E-state index contributed by atoms with van der Waals surface area (Å²) in [5.41, 5.74) is 5.02. The second-order valence-electron chi connectivity index (χ2n) is 9.14. The first-order valence-electron chi connectivity index (χ1n) is 11.9. The minimum atomic E-state index is -0.312. The van der Waals surface area contributed by atoms with Gasteiger partial charge in [-0.15, -0.1) is 0 Å². The van der Waals surface area contributed by atoms with Crippen LogP contribution in [-0.4, -0.2) is 50.0 Å². The zero-order valence-corrected chi connectivity index (χ0v) is 20.0. The number of hydrogen-bond donors (Lipinski definition) is 1. The van der Waals surface area contributed by atoms with E-state index in [0.29, 0.717) is 6.61 Å². The largest absolute Gasteiger partial charge is 0.508 e. The van der Waals surface area contributed by atoms with Crippen LogP contribution in [0.15, 0.2) is 66.7 Å². The summed E-state index contributed by atoms with van der Waals surface area (Å²) in [4.78, 5) is 2.21. The Bertz CT molecular complexity index is 1200. The highest BCUT2D eigenvalue weighted by atomic mass is 19.1. The number of benzene rings is 3. The first-order valence-corrected chi connectivity index (χ1v) is 11.9. The number of nitrogens with zero attached hydrogens (tertiary/aromatic N) is 1. The van der Waals surface area contributed by atoms with E-state index in [4.69, 9.17) is 14.2 Å². The fourth-order valence-corrected chi connectivity index (χ4v) is 4.80. The van der Waals surface area contributed by atoms with E-state index in [0.717, 1.165) is 64.7 Å². The number of phenolic OH excluding ortho intramolecular Hbond substituents is 1. The molecule has 0 saturated carbocycles. The molecule has 1 saturated heterocycles. The maximum Gasteiger partial charge on any atom is 0.150 e. The van der Waals surface area contributed by atoms with E-state index in [9.17, 15) is 9.50 Å². The predicted octanol–water partition coefficient (Wildman–Crippen LogP) is 5.75. The quantitative estimate of drug-likeness (QED) is 0.450. The van der Waals surface area contributed by atoms with Crippen molar-refractivity contribution >= 4 is 11.1 Å². The van der Waals surface area contributed by atoms with Crippen LogP contribution in [0.2, 0.25) is 0 Å². The number of fused-ring (bicyclic) bond motifs is 1. The van der Waals surface area contributed by atoms with Crippen molar-refractivity contribution in [2.45, 2.75) is 13.0 Å². The molecule has 0 bridgehead atoms. The van der Waals surface area contributed by atoms with E-state index >= 15 is 0 Å². The number of methoxy groups -OCH3 is 1. The van der Waals surface area contributed by atoms with Crippen LogP contribution in [0.3, 0.4) is 0 Å². The van der Waals surface area contributed by atoms with E-state index < -0.39 is 0 Å². The minimum absolute atomic E-state index is 0.190. The van der Waals surface area contributed by atoms with Gasteiger partial charge >= 0.3 is 0 Å². The van der Waals surface area contributed by atoms with Gasteiger partial charge in [-0.25, -0.2) is 0 Å². The van der Waals surface area contributed by atoms with Crippen LogP contribution in [0.4, 0.5) is 4.39 Å². The maximum absolute atomic E-state index is 12.6. The summed E-state index contributed by atoms with van der Waals surface area (Å²) < 4.78 is 30.3. The summed E-state index contributed by atoms with van der Waals surface area (Å²) in [7, 11) is 1.65. The Morgan fingerprint density at radius 1 is 1.00 bits per heavy atom. The fourth-order valence-electron chi connectivity index (χ4n) is 4.80. The van der Waals surface area contributed by atoms with Gasteiger partial charge in [0.15, 0.2) is 0 Å². The van der Waals surface area contributed by atoms with Crippen molar-refractivity contribution in [3.05, 3.63) is 83.4 Å². The van der Waals surface area contributed by atoms with Crippen molar-refractivity contribution < 1.29 is 23.7 Å². The third-order valence-electron chi connectivity index (χ3n) is 6.79. The number of ether oxygens (including phenoxy) is 3. The maximum atomic E-state index is 12.6. The molecule has 0 amide bonds. The Labute approximate surface area is 205 Å². The van der Waals surface area contributed by atoms with Crippen LogP contribution < -0.4 is 14.2 Å². The number of halogens is 1. The lowest BCUT2D eigenvalue weighted by molar-refractivity contribution is 0.0668. The molecule has 2 aliphatic heterocycles. The molecule has 3 aromatic rings. The van der Waals surface area contributed by atoms with Gasteiger partial charge in [0.25, 0.3) is 0 Å². The van der Waals surface area contributed by atoms with Crippen molar-refractivity contribution in [2.75, 3.05) is 40.0 Å². The van der Waals surface area contributed by atoms with Crippen LogP contribution in [-0.2, 0) is 0 Å². The monoisotopic (exact) mass is 475 g/mol. The Morgan fingerprint density at radius 2 is 1.71 bits per heavy atom. The van der Waals surface area contributed by atoms with Crippen LogP contribution in [0.5, 0.6) is 23.0 Å². The standard InChI is InChI=1S/C29H30FNO4/c1-19-26-15-23(32)7-12-27(26)35-29(28(19)21-3-8-24(33-2)9-4-21)22-5-10-25(11-6-22)34-14-13-31-17-20(16-30)18-31/h3-12,15,20,29,32H,13-14,16-18H2,1-2H3/t29-/m1/s1. The molecule has 5 rings (SSSR count). The molecule has 0 spiro atoms. The average molecular weight is 476 g/mol. The molecule has 0 unspecified atom stereocenters. The lowest BCUT2D eigenvalue weighted by Gasteiger charge is -2.37. The normalized spacial score (nSPS) is 18.0. The van der Waals surface area contributed by atoms with E-state index in [2.05, 4.69) is 11.8 Å². The molecule has 1 atom stereocenters. The van der Waals surface area contributed by atoms with E-state index in [1.807, 2.05) is 54.6 Å². The van der Waals surface area contributed by atoms with Crippen LogP contribution >= 0.6 is 0 Å². The molecular formula is C29H30FNO4. The first kappa shape index (κ1) is 23.2. The number of likely N-dealkylation sites (tertiary alicyclic amines) is 1. The highest BCUT2D eigenvalue weighted by Gasteiger charge is 2.30. The third kappa shape index (κ3) is 4.84. The molecule has 1 N–H and O–H groups in total. The summed E-state index contributed by atoms with van der Waals surface area (Å²) >= 11 is 0. The van der Waals surface area contributed by atoms with Gasteiger partial charge in [-0.1, -0.05) is 24.3 Å². The Kier molecular flexibility index (Phi) is 6.64. The number of allylic oxidation sites excluding steroid dienone is 1. The van der Waals surface area contributed by atoms with Gasteiger partial charge in [0.2, 0.25) is 0 Å². The summed E-state index contributed by atoms with van der Waals surface area (Å²) in [6.07, 6.45) is -0.312. The molecule has 5 nitrogen and oxygen atoms in total. The van der Waals surface area contributed by atoms with E-state index in [1.165, 1.54) is 0 Å². The molecule has 0 aromatic heterocycles. The Hall–Kier alpha value is -3.51. The summed E-state index contributed by atoms with van der Waals surface area (Å²) in [5.74, 6) is 2.72. The van der Waals surface area contributed by atoms with Gasteiger partial charge in [0.1, 0.15) is 35.7 Å². The second kappa shape index (κ2) is 10.0. The third-order valence-corrected chi connectivity index (χ3v) is 6.79. The minimum Gasteiger partial charge on any atom is -0.508 e. The van der Waals surface area contributed by atoms with Gasteiger partial charge in [-0.2, -0.15) is 0 Å². The summed E-state index contributed by atoms with van der Waals surface area (Å²) in [6, 6.07) is 21.1. The number of phenols is 1. The lowest BCUT2D eigenvalue weighted by atomic mass is 9.86. The number of alkyl halides is 1. The first-order chi connectivity index (χ1) is 17.1. The highest BCUT2D eigenvalue weighted by molar-refractivity contribution is 5.95. The predicted molar refractivity (Wildman–Crippen MR) is 135 cm³/mol. The lowest BCUT2D eigenvalue weighted by Crippen LogP contribution is -2.49. The number of rotatable bonds is 8. The molecule has 35 heavy (non-hydrogen) atoms. The smallest absolute Gasteiger partial charge is 0.150 e. The molecule has 2 heterocycles. The van der Waals surface area contributed by atoms with Crippen LogP contribution in [0.1, 0.15) is 29.7 Å². The Balaban J connectivity index is 1.38. The topological polar surface area (TPSA) is 51.2 Å². The molecule has 0 aliphatic carbocycles. The van der Waals surface area contributed by atoms with Gasteiger partial charge < -0.3 is 19.3 Å². The fraction of sp³-hybridized carbons (Fsp3) is 0.310. The second-order valence-corrected chi connectivity index (χ2v) is 9.14. The molecule has 182 valence electrons. The molecule has 3 aromatic carbocycles. The van der Waals surface area contributed by atoms with E-state index in [-0.39, 0.29) is 24.4 Å². The van der Waals surface area contributed by atoms with Crippen molar-refractivity contribution in [3.63, 3.8) is 0 Å². The van der Waals surface area contributed by atoms with E-state index in [1.54, 1.807) is 19.2 Å². The number of hydrogen-bond acceptors (Lipinski definition) is 5. The van der Waals surface area contributed by atoms with Crippen molar-refractivity contribution in [1.82, 2.24) is 4.90 Å². The SMILES string of the molecule is COc1ccc(C2=C(C)c3cc(O)ccc3O[C@@H]2c2ccc(OCCN3CC(CF)C3)cc2)cc1. The highest BCUT2D eigenvalue weighted by Crippen LogP contribution is 2.47. The van der Waals surface area contributed by atoms with Gasteiger partial charge in [-0.05, 0) is 66.1 Å². The van der Waals surface area contributed by atoms with Gasteiger partial charge in [0.05, 0.1) is 13.8 Å². The van der Waals surface area contributed by atoms with Crippen LogP contribution in [0.25, 0.3) is 11.1 Å². The zero-order valence-electron chi connectivity index (χ0n) is 20.0. The van der Waals surface area contributed by atoms with Crippen molar-refractivity contribution in [1.29, 1.82) is 0 Å². The summed E-state index contributed by atoms with van der Waals surface area (Å²) in [5, 5.41) is 10.1. The number of aromatic hydroxyl groups is 1. The molecule has 6 heteroatoms. The summed E-state index contributed by atoms with van der Waals surface area (Å²) in [6.45, 7) is 4.84. The zero-order chi connectivity index (χ0) is 24.4. The average Bonchev–Trinajstić information content (AvgIpc) is 2.86. The molecule has 0 radical (unpaired) electrons. The van der Waals surface area contributed by atoms with Crippen molar-refractivity contribution in [3.8, 4) is 23.0 Å². The Morgan fingerprint density at radius 3 is 2.40 bits per heavy atom. The molecule has 1 fully saturated rings. The molecule has 2 aliphatic rings. The van der Waals surface area contributed by atoms with Crippen molar-refractivity contribution in [2.24, 2.45) is 5.92 Å².